The van der Waals surface area contributed by atoms with Crippen molar-refractivity contribution in [3.05, 3.63) is 23.9 Å². The molecule has 0 aromatic carbocycles. The van der Waals surface area contributed by atoms with Gasteiger partial charge in [0.1, 0.15) is 6.04 Å². The average Bonchev–Trinajstić information content (AvgIpc) is 2.29. The van der Waals surface area contributed by atoms with Crippen molar-refractivity contribution in [3.63, 3.8) is 0 Å². The second-order valence-corrected chi connectivity index (χ2v) is 4.16. The first-order valence-corrected chi connectivity index (χ1v) is 5.84. The molecule has 0 aliphatic rings. The van der Waals surface area contributed by atoms with Crippen molar-refractivity contribution in [1.29, 1.82) is 0 Å². The lowest BCUT2D eigenvalue weighted by Gasteiger charge is -2.08. The molecule has 5 nitrogen and oxygen atoms in total. The van der Waals surface area contributed by atoms with Crippen molar-refractivity contribution in [1.82, 2.24) is 4.98 Å². The van der Waals surface area contributed by atoms with Gasteiger partial charge in [-0.25, -0.2) is 4.98 Å². The minimum Gasteiger partial charge on any atom is -0.481 e. The molecule has 6 heteroatoms. The summed E-state index contributed by atoms with van der Waals surface area (Å²) in [4.78, 5) is 14.5. The molecule has 1 heterocycles. The van der Waals surface area contributed by atoms with E-state index >= 15 is 0 Å². The SMILES string of the molecule is COc1ncccc1CSCC(N)C(=O)O. The van der Waals surface area contributed by atoms with Gasteiger partial charge in [-0.05, 0) is 6.07 Å². The van der Waals surface area contributed by atoms with Crippen molar-refractivity contribution in [3.8, 4) is 5.88 Å². The Morgan fingerprint density at radius 1 is 1.75 bits per heavy atom. The quantitative estimate of drug-likeness (QED) is 0.765. The summed E-state index contributed by atoms with van der Waals surface area (Å²) in [7, 11) is 1.56. The number of carbonyl (C=O) groups is 1. The second-order valence-electron chi connectivity index (χ2n) is 3.13. The molecule has 0 saturated carbocycles. The summed E-state index contributed by atoms with van der Waals surface area (Å²) >= 11 is 1.45. The first kappa shape index (κ1) is 12.8. The van der Waals surface area contributed by atoms with Crippen LogP contribution in [0.2, 0.25) is 0 Å². The van der Waals surface area contributed by atoms with Crippen molar-refractivity contribution in [2.24, 2.45) is 5.73 Å². The highest BCUT2D eigenvalue weighted by Crippen LogP contribution is 2.20. The van der Waals surface area contributed by atoms with Gasteiger partial charge in [0.2, 0.25) is 5.88 Å². The van der Waals surface area contributed by atoms with Crippen LogP contribution in [0.4, 0.5) is 0 Å². The van der Waals surface area contributed by atoms with Gasteiger partial charge in [0.15, 0.2) is 0 Å². The summed E-state index contributed by atoms with van der Waals surface area (Å²) in [6.45, 7) is 0. The Hall–Kier alpha value is -1.27. The summed E-state index contributed by atoms with van der Waals surface area (Å²) in [5, 5.41) is 8.60. The number of carboxylic acid groups (broad SMARTS) is 1. The predicted octanol–water partition coefficient (Wildman–Crippen LogP) is 0.735. The summed E-state index contributed by atoms with van der Waals surface area (Å²) < 4.78 is 5.08. The number of pyridine rings is 1. The summed E-state index contributed by atoms with van der Waals surface area (Å²) in [6, 6.07) is 2.88. The van der Waals surface area contributed by atoms with Crippen LogP contribution in [0.5, 0.6) is 5.88 Å². The maximum absolute atomic E-state index is 10.5. The van der Waals surface area contributed by atoms with Crippen LogP contribution in [0.25, 0.3) is 0 Å². The molecule has 0 amide bonds. The monoisotopic (exact) mass is 242 g/mol. The molecule has 0 saturated heterocycles. The zero-order chi connectivity index (χ0) is 12.0. The van der Waals surface area contributed by atoms with Gasteiger partial charge in [-0.1, -0.05) is 6.07 Å². The summed E-state index contributed by atoms with van der Waals surface area (Å²) in [5.41, 5.74) is 6.32. The Bertz CT molecular complexity index is 360. The van der Waals surface area contributed by atoms with E-state index in [0.29, 0.717) is 17.4 Å². The van der Waals surface area contributed by atoms with Gasteiger partial charge in [-0.3, -0.25) is 4.79 Å². The molecular formula is C10H14N2O3S. The van der Waals surface area contributed by atoms with Gasteiger partial charge in [-0.15, -0.1) is 0 Å². The van der Waals surface area contributed by atoms with E-state index in [1.165, 1.54) is 11.8 Å². The molecular weight excluding hydrogens is 228 g/mol. The second kappa shape index (κ2) is 6.34. The van der Waals surface area contributed by atoms with Gasteiger partial charge in [-0.2, -0.15) is 11.8 Å². The molecule has 1 aromatic rings. The summed E-state index contributed by atoms with van der Waals surface area (Å²) in [5.74, 6) is 0.593. The molecule has 1 unspecified atom stereocenters. The number of methoxy groups -OCH3 is 1. The molecule has 3 N–H and O–H groups in total. The predicted molar refractivity (Wildman–Crippen MR) is 62.6 cm³/mol. The Kier molecular flexibility index (Phi) is 5.07. The van der Waals surface area contributed by atoms with E-state index in [4.69, 9.17) is 15.6 Å². The standard InChI is InChI=1S/C10H14N2O3S/c1-15-9-7(3-2-4-12-9)5-16-6-8(11)10(13)14/h2-4,8H,5-6,11H2,1H3,(H,13,14). The number of rotatable bonds is 6. The van der Waals surface area contributed by atoms with Crippen molar-refractivity contribution in [2.45, 2.75) is 11.8 Å². The zero-order valence-electron chi connectivity index (χ0n) is 8.92. The lowest BCUT2D eigenvalue weighted by Crippen LogP contribution is -2.32. The lowest BCUT2D eigenvalue weighted by atomic mass is 10.3. The van der Waals surface area contributed by atoms with Crippen LogP contribution in [0.3, 0.4) is 0 Å². The smallest absolute Gasteiger partial charge is 0.321 e. The molecule has 0 bridgehead atoms. The highest BCUT2D eigenvalue weighted by molar-refractivity contribution is 7.98. The van der Waals surface area contributed by atoms with E-state index in [-0.39, 0.29) is 0 Å². The van der Waals surface area contributed by atoms with E-state index in [0.717, 1.165) is 5.56 Å². The van der Waals surface area contributed by atoms with Crippen molar-refractivity contribution in [2.75, 3.05) is 12.9 Å². The normalized spacial score (nSPS) is 12.1. The molecule has 0 aliphatic heterocycles. The highest BCUT2D eigenvalue weighted by atomic mass is 32.2. The molecule has 1 atom stereocenters. The van der Waals surface area contributed by atoms with Crippen LogP contribution in [-0.4, -0.2) is 35.0 Å². The van der Waals surface area contributed by atoms with E-state index in [2.05, 4.69) is 4.98 Å². The number of hydrogen-bond donors (Lipinski definition) is 2. The lowest BCUT2D eigenvalue weighted by molar-refractivity contribution is -0.137. The number of aromatic nitrogens is 1. The van der Waals surface area contributed by atoms with Crippen LogP contribution in [0, 0.1) is 0 Å². The number of aliphatic carboxylic acids is 1. The first-order valence-electron chi connectivity index (χ1n) is 4.69. The fraction of sp³-hybridized carbons (Fsp3) is 0.400. The third kappa shape index (κ3) is 3.71. The molecule has 88 valence electrons. The molecule has 0 spiro atoms. The third-order valence-corrected chi connectivity index (χ3v) is 3.03. The number of nitrogens with two attached hydrogens (primary N) is 1. The van der Waals surface area contributed by atoms with Crippen LogP contribution in [0.15, 0.2) is 18.3 Å². The Labute approximate surface area is 98.0 Å². The van der Waals surface area contributed by atoms with Gasteiger partial charge in [0, 0.05) is 23.3 Å². The maximum Gasteiger partial charge on any atom is 0.321 e. The third-order valence-electron chi connectivity index (χ3n) is 1.92. The minimum atomic E-state index is -0.981. The molecule has 1 rings (SSSR count). The molecule has 0 radical (unpaired) electrons. The van der Waals surface area contributed by atoms with Gasteiger partial charge in [0.05, 0.1) is 7.11 Å². The number of carboxylic acids is 1. The molecule has 1 aromatic heterocycles. The number of hydrogen-bond acceptors (Lipinski definition) is 5. The van der Waals surface area contributed by atoms with E-state index in [1.807, 2.05) is 12.1 Å². The number of thioether (sulfide) groups is 1. The molecule has 0 aliphatic carbocycles. The van der Waals surface area contributed by atoms with Crippen LogP contribution in [-0.2, 0) is 10.5 Å². The highest BCUT2D eigenvalue weighted by Gasteiger charge is 2.11. The fourth-order valence-corrected chi connectivity index (χ4v) is 2.04. The largest absolute Gasteiger partial charge is 0.481 e. The topological polar surface area (TPSA) is 85.4 Å². The average molecular weight is 242 g/mol. The Morgan fingerprint density at radius 3 is 3.12 bits per heavy atom. The van der Waals surface area contributed by atoms with E-state index in [1.54, 1.807) is 13.3 Å². The Balaban J connectivity index is 2.45. The Morgan fingerprint density at radius 2 is 2.50 bits per heavy atom. The van der Waals surface area contributed by atoms with Gasteiger partial charge >= 0.3 is 5.97 Å². The van der Waals surface area contributed by atoms with E-state index in [9.17, 15) is 4.79 Å². The number of nitrogens with zero attached hydrogens (tertiary/aromatic N) is 1. The number of ether oxygens (including phenoxy) is 1. The fourth-order valence-electron chi connectivity index (χ4n) is 1.08. The minimum absolute atomic E-state index is 0.368. The first-order chi connectivity index (χ1) is 7.65. The van der Waals surface area contributed by atoms with Crippen LogP contribution >= 0.6 is 11.8 Å². The van der Waals surface area contributed by atoms with Crippen LogP contribution < -0.4 is 10.5 Å². The van der Waals surface area contributed by atoms with Crippen molar-refractivity contribution < 1.29 is 14.6 Å². The van der Waals surface area contributed by atoms with Gasteiger partial charge < -0.3 is 15.6 Å². The zero-order valence-corrected chi connectivity index (χ0v) is 9.74. The molecule has 16 heavy (non-hydrogen) atoms. The van der Waals surface area contributed by atoms with E-state index < -0.39 is 12.0 Å². The van der Waals surface area contributed by atoms with Gasteiger partial charge in [0.25, 0.3) is 0 Å². The summed E-state index contributed by atoms with van der Waals surface area (Å²) in [6.07, 6.45) is 1.65. The van der Waals surface area contributed by atoms with Crippen LogP contribution in [0.1, 0.15) is 5.56 Å². The van der Waals surface area contributed by atoms with Crippen molar-refractivity contribution >= 4 is 17.7 Å². The maximum atomic E-state index is 10.5. The molecule has 0 fully saturated rings.